The molecule has 1 aromatic carbocycles. The third-order valence-electron chi connectivity index (χ3n) is 4.61. The summed E-state index contributed by atoms with van der Waals surface area (Å²) in [4.78, 5) is 28.6. The molecule has 1 heterocycles. The van der Waals surface area contributed by atoms with E-state index in [1.54, 1.807) is 6.92 Å². The lowest BCUT2D eigenvalue weighted by atomic mass is 9.93. The van der Waals surface area contributed by atoms with Crippen LogP contribution >= 0.6 is 0 Å². The number of nitrogens with zero attached hydrogens (tertiary/aromatic N) is 1. The SMILES string of the molecule is C[C@@H]([C@@H](CCCc1ccccc1)C(=O)O)N(C=O)OC1CCCCO1. The van der Waals surface area contributed by atoms with Crippen LogP contribution in [-0.4, -0.2) is 41.5 Å². The Morgan fingerprint density at radius 1 is 1.40 bits per heavy atom. The molecule has 1 unspecified atom stereocenters. The number of ether oxygens (including phenoxy) is 1. The summed E-state index contributed by atoms with van der Waals surface area (Å²) in [6.45, 7) is 2.31. The number of benzene rings is 1. The van der Waals surface area contributed by atoms with Gasteiger partial charge in [0.05, 0.1) is 12.0 Å². The van der Waals surface area contributed by atoms with Crippen molar-refractivity contribution in [3.05, 3.63) is 35.9 Å². The van der Waals surface area contributed by atoms with Crippen LogP contribution in [0.3, 0.4) is 0 Å². The Hall–Kier alpha value is -1.92. The third-order valence-corrected chi connectivity index (χ3v) is 4.61. The van der Waals surface area contributed by atoms with Crippen LogP contribution in [0.5, 0.6) is 0 Å². The molecule has 1 fully saturated rings. The van der Waals surface area contributed by atoms with E-state index in [2.05, 4.69) is 0 Å². The highest BCUT2D eigenvalue weighted by molar-refractivity contribution is 5.71. The van der Waals surface area contributed by atoms with E-state index in [1.807, 2.05) is 30.3 Å². The van der Waals surface area contributed by atoms with Crippen molar-refractivity contribution in [1.29, 1.82) is 0 Å². The molecule has 0 bridgehead atoms. The Labute approximate surface area is 148 Å². The van der Waals surface area contributed by atoms with Crippen molar-refractivity contribution < 1.29 is 24.3 Å². The second-order valence-electron chi connectivity index (χ2n) is 6.43. The van der Waals surface area contributed by atoms with Crippen molar-refractivity contribution in [3.8, 4) is 0 Å². The van der Waals surface area contributed by atoms with E-state index < -0.39 is 24.2 Å². The number of carboxylic acids is 1. The molecule has 6 nitrogen and oxygen atoms in total. The molecule has 25 heavy (non-hydrogen) atoms. The topological polar surface area (TPSA) is 76.1 Å². The lowest BCUT2D eigenvalue weighted by molar-refractivity contribution is -0.288. The lowest BCUT2D eigenvalue weighted by Gasteiger charge is -2.33. The maximum Gasteiger partial charge on any atom is 0.308 e. The van der Waals surface area contributed by atoms with Gasteiger partial charge >= 0.3 is 5.97 Å². The monoisotopic (exact) mass is 349 g/mol. The lowest BCUT2D eigenvalue weighted by Crippen LogP contribution is -2.44. The van der Waals surface area contributed by atoms with Gasteiger partial charge < -0.3 is 9.84 Å². The summed E-state index contributed by atoms with van der Waals surface area (Å²) < 4.78 is 5.47. The predicted molar refractivity (Wildman–Crippen MR) is 92.5 cm³/mol. The summed E-state index contributed by atoms with van der Waals surface area (Å²) in [5.41, 5.74) is 1.18. The number of aliphatic carboxylic acids is 1. The predicted octanol–water partition coefficient (Wildman–Crippen LogP) is 3.02. The largest absolute Gasteiger partial charge is 0.481 e. The molecule has 1 saturated heterocycles. The van der Waals surface area contributed by atoms with Crippen molar-refractivity contribution in [3.63, 3.8) is 0 Å². The van der Waals surface area contributed by atoms with E-state index in [9.17, 15) is 14.7 Å². The second-order valence-corrected chi connectivity index (χ2v) is 6.43. The molecule has 0 saturated carbocycles. The Morgan fingerprint density at radius 3 is 2.76 bits per heavy atom. The second kappa shape index (κ2) is 10.2. The molecule has 0 radical (unpaired) electrons. The van der Waals surface area contributed by atoms with Gasteiger partial charge in [0, 0.05) is 13.0 Å². The van der Waals surface area contributed by atoms with Gasteiger partial charge in [-0.3, -0.25) is 9.59 Å². The fraction of sp³-hybridized carbons (Fsp3) is 0.579. The van der Waals surface area contributed by atoms with Crippen molar-refractivity contribution in [1.82, 2.24) is 5.06 Å². The van der Waals surface area contributed by atoms with Gasteiger partial charge in [-0.15, -0.1) is 0 Å². The molecule has 1 aliphatic heterocycles. The van der Waals surface area contributed by atoms with E-state index in [1.165, 1.54) is 5.56 Å². The normalized spacial score (nSPS) is 19.8. The van der Waals surface area contributed by atoms with Gasteiger partial charge in [0.15, 0.2) is 6.29 Å². The van der Waals surface area contributed by atoms with E-state index in [-0.39, 0.29) is 0 Å². The quantitative estimate of drug-likeness (QED) is 0.519. The van der Waals surface area contributed by atoms with Crippen LogP contribution < -0.4 is 0 Å². The van der Waals surface area contributed by atoms with E-state index in [0.717, 1.165) is 30.7 Å². The first-order valence-electron chi connectivity index (χ1n) is 8.90. The number of carbonyl (C=O) groups is 2. The summed E-state index contributed by atoms with van der Waals surface area (Å²) >= 11 is 0. The van der Waals surface area contributed by atoms with Crippen LogP contribution in [0.15, 0.2) is 30.3 Å². The summed E-state index contributed by atoms with van der Waals surface area (Å²) in [6.07, 6.45) is 4.77. The van der Waals surface area contributed by atoms with Crippen LogP contribution in [0.1, 0.15) is 44.6 Å². The highest BCUT2D eigenvalue weighted by Gasteiger charge is 2.31. The zero-order chi connectivity index (χ0) is 18.1. The maximum atomic E-state index is 11.7. The number of aryl methyl sites for hydroxylation is 1. The number of rotatable bonds is 10. The molecule has 1 aliphatic rings. The minimum Gasteiger partial charge on any atom is -0.481 e. The molecule has 1 aromatic rings. The fourth-order valence-corrected chi connectivity index (χ4v) is 3.07. The van der Waals surface area contributed by atoms with Crippen LogP contribution in [-0.2, 0) is 25.6 Å². The summed E-state index contributed by atoms with van der Waals surface area (Å²) in [6, 6.07) is 9.40. The molecule has 1 N–H and O–H groups in total. The zero-order valence-corrected chi connectivity index (χ0v) is 14.7. The molecule has 2 rings (SSSR count). The molecule has 0 aromatic heterocycles. The summed E-state index contributed by atoms with van der Waals surface area (Å²) in [7, 11) is 0. The van der Waals surface area contributed by atoms with Gasteiger partial charge in [0.2, 0.25) is 6.41 Å². The van der Waals surface area contributed by atoms with E-state index in [4.69, 9.17) is 9.57 Å². The number of carboxylic acid groups (broad SMARTS) is 1. The number of carbonyl (C=O) groups excluding carboxylic acids is 1. The zero-order valence-electron chi connectivity index (χ0n) is 14.7. The maximum absolute atomic E-state index is 11.7. The molecule has 0 spiro atoms. The van der Waals surface area contributed by atoms with Crippen LogP contribution in [0.25, 0.3) is 0 Å². The van der Waals surface area contributed by atoms with E-state index >= 15 is 0 Å². The van der Waals surface area contributed by atoms with Gasteiger partial charge in [-0.1, -0.05) is 30.3 Å². The Bertz CT molecular complexity index is 530. The Morgan fingerprint density at radius 2 is 2.16 bits per heavy atom. The van der Waals surface area contributed by atoms with Crippen LogP contribution in [0, 0.1) is 5.92 Å². The number of hydrogen-bond donors (Lipinski definition) is 1. The van der Waals surface area contributed by atoms with Crippen LogP contribution in [0.2, 0.25) is 0 Å². The first-order chi connectivity index (χ1) is 12.1. The first kappa shape index (κ1) is 19.4. The molecule has 6 heteroatoms. The van der Waals surface area contributed by atoms with Crippen molar-refractivity contribution >= 4 is 12.4 Å². The molecule has 138 valence electrons. The minimum atomic E-state index is -0.916. The highest BCUT2D eigenvalue weighted by Crippen LogP contribution is 2.22. The fourth-order valence-electron chi connectivity index (χ4n) is 3.07. The number of hydroxylamine groups is 2. The molecular formula is C19H27NO5. The third kappa shape index (κ3) is 6.14. The molecule has 3 atom stereocenters. The number of amides is 1. The van der Waals surface area contributed by atoms with Crippen molar-refractivity contribution in [2.75, 3.05) is 6.61 Å². The van der Waals surface area contributed by atoms with Gasteiger partial charge in [-0.2, -0.15) is 0 Å². The van der Waals surface area contributed by atoms with Gasteiger partial charge in [-0.05, 0) is 44.6 Å². The average molecular weight is 349 g/mol. The summed E-state index contributed by atoms with van der Waals surface area (Å²) in [5, 5.41) is 10.7. The van der Waals surface area contributed by atoms with Crippen molar-refractivity contribution in [2.24, 2.45) is 5.92 Å². The molecule has 0 aliphatic carbocycles. The van der Waals surface area contributed by atoms with Gasteiger partial charge in [0.25, 0.3) is 0 Å². The highest BCUT2D eigenvalue weighted by atomic mass is 16.8. The average Bonchev–Trinajstić information content (AvgIpc) is 2.64. The first-order valence-corrected chi connectivity index (χ1v) is 8.90. The minimum absolute atomic E-state index is 0.472. The standard InChI is InChI=1S/C19H27NO5/c1-15(20(14-21)25-18-12-5-6-13-24-18)17(19(22)23)11-7-10-16-8-3-2-4-9-16/h2-4,8-9,14-15,17-18H,5-7,10-13H2,1H3,(H,22,23)/t15-,17+,18?/m0/s1. The van der Waals surface area contributed by atoms with Gasteiger partial charge in [-0.25, -0.2) is 9.90 Å². The smallest absolute Gasteiger partial charge is 0.308 e. The Balaban J connectivity index is 1.89. The Kier molecular flexibility index (Phi) is 7.88. The van der Waals surface area contributed by atoms with Crippen LogP contribution in [0.4, 0.5) is 0 Å². The van der Waals surface area contributed by atoms with Crippen molar-refractivity contribution in [2.45, 2.75) is 57.8 Å². The summed E-state index contributed by atoms with van der Waals surface area (Å²) in [5.74, 6) is -1.60. The van der Waals surface area contributed by atoms with Gasteiger partial charge in [0.1, 0.15) is 0 Å². The molecule has 1 amide bonds. The number of hydrogen-bond acceptors (Lipinski definition) is 4. The van der Waals surface area contributed by atoms with E-state index in [0.29, 0.717) is 25.9 Å². The molecular weight excluding hydrogens is 322 g/mol.